The Morgan fingerprint density at radius 2 is 2.11 bits per heavy atom. The third kappa shape index (κ3) is 2.59. The first-order chi connectivity index (χ1) is 9.36. The number of benzene rings is 1. The second-order valence-electron chi connectivity index (χ2n) is 4.77. The minimum Gasteiger partial charge on any atom is -0.488 e. The fraction of sp³-hybridized carbons (Fsp3) is 0.267. The number of fused-ring (bicyclic) bond motifs is 1. The number of hydrogen-bond acceptors (Lipinski definition) is 4. The van der Waals surface area contributed by atoms with Crippen LogP contribution in [0.4, 0.5) is 0 Å². The zero-order valence-corrected chi connectivity index (χ0v) is 10.6. The van der Waals surface area contributed by atoms with Crippen LogP contribution >= 0.6 is 0 Å². The SMILES string of the molecule is NNC(Cc1ccccn1)C1Cc2ccccc2O1. The Bertz CT molecular complexity index is 519. The highest BCUT2D eigenvalue weighted by Crippen LogP contribution is 2.29. The van der Waals surface area contributed by atoms with Crippen molar-refractivity contribution in [2.75, 3.05) is 0 Å². The Morgan fingerprint density at radius 3 is 2.84 bits per heavy atom. The second-order valence-corrected chi connectivity index (χ2v) is 4.77. The number of pyridine rings is 1. The standard InChI is InChI=1S/C15H17N3O/c16-18-13(10-12-6-3-4-8-17-12)15-9-11-5-1-2-7-14(11)19-15/h1-8,13,15,18H,9-10,16H2. The predicted octanol–water partition coefficient (Wildman–Crippen LogP) is 1.46. The average Bonchev–Trinajstić information content (AvgIpc) is 2.89. The van der Waals surface area contributed by atoms with E-state index in [0.29, 0.717) is 0 Å². The monoisotopic (exact) mass is 255 g/mol. The normalized spacial score (nSPS) is 18.7. The van der Waals surface area contributed by atoms with E-state index in [-0.39, 0.29) is 12.1 Å². The summed E-state index contributed by atoms with van der Waals surface area (Å²) in [5.41, 5.74) is 5.13. The molecule has 0 fully saturated rings. The summed E-state index contributed by atoms with van der Waals surface area (Å²) in [6, 6.07) is 14.1. The smallest absolute Gasteiger partial charge is 0.123 e. The van der Waals surface area contributed by atoms with Crippen molar-refractivity contribution in [3.8, 4) is 5.75 Å². The van der Waals surface area contributed by atoms with Gasteiger partial charge >= 0.3 is 0 Å². The summed E-state index contributed by atoms with van der Waals surface area (Å²) in [6.07, 6.45) is 3.51. The second kappa shape index (κ2) is 5.38. The van der Waals surface area contributed by atoms with E-state index in [0.717, 1.165) is 24.3 Å². The van der Waals surface area contributed by atoms with Crippen molar-refractivity contribution in [2.24, 2.45) is 5.84 Å². The maximum absolute atomic E-state index is 5.96. The molecule has 0 saturated heterocycles. The van der Waals surface area contributed by atoms with Gasteiger partial charge in [-0.05, 0) is 23.8 Å². The van der Waals surface area contributed by atoms with E-state index in [1.54, 1.807) is 6.20 Å². The average molecular weight is 255 g/mol. The Morgan fingerprint density at radius 1 is 1.26 bits per heavy atom. The zero-order chi connectivity index (χ0) is 13.1. The minimum atomic E-state index is 0.0577. The fourth-order valence-electron chi connectivity index (χ4n) is 2.48. The van der Waals surface area contributed by atoms with Crippen molar-refractivity contribution >= 4 is 0 Å². The first-order valence-electron chi connectivity index (χ1n) is 6.47. The molecule has 2 aromatic rings. The first kappa shape index (κ1) is 12.1. The van der Waals surface area contributed by atoms with Gasteiger partial charge in [-0.3, -0.25) is 16.3 Å². The number of nitrogens with two attached hydrogens (primary N) is 1. The van der Waals surface area contributed by atoms with Gasteiger partial charge in [0.25, 0.3) is 0 Å². The molecule has 0 bridgehead atoms. The number of nitrogens with zero attached hydrogens (tertiary/aromatic N) is 1. The molecule has 0 spiro atoms. The zero-order valence-electron chi connectivity index (χ0n) is 10.6. The van der Waals surface area contributed by atoms with E-state index in [1.165, 1.54) is 5.56 Å². The molecule has 0 saturated carbocycles. The molecule has 3 rings (SSSR count). The van der Waals surface area contributed by atoms with Crippen molar-refractivity contribution in [1.29, 1.82) is 0 Å². The van der Waals surface area contributed by atoms with Gasteiger partial charge in [-0.15, -0.1) is 0 Å². The van der Waals surface area contributed by atoms with E-state index in [4.69, 9.17) is 10.6 Å². The third-order valence-corrected chi connectivity index (χ3v) is 3.49. The molecular weight excluding hydrogens is 238 g/mol. The molecule has 0 radical (unpaired) electrons. The Kier molecular flexibility index (Phi) is 3.44. The Hall–Kier alpha value is -1.91. The Labute approximate surface area is 112 Å². The number of aromatic nitrogens is 1. The topological polar surface area (TPSA) is 60.2 Å². The molecule has 2 atom stereocenters. The molecule has 1 aromatic carbocycles. The van der Waals surface area contributed by atoms with Crippen LogP contribution in [-0.4, -0.2) is 17.1 Å². The van der Waals surface area contributed by atoms with Gasteiger partial charge in [-0.25, -0.2) is 0 Å². The predicted molar refractivity (Wildman–Crippen MR) is 73.6 cm³/mol. The highest BCUT2D eigenvalue weighted by molar-refractivity contribution is 5.37. The van der Waals surface area contributed by atoms with Crippen LogP contribution in [0.15, 0.2) is 48.7 Å². The summed E-state index contributed by atoms with van der Waals surface area (Å²) in [5, 5.41) is 0. The molecule has 98 valence electrons. The van der Waals surface area contributed by atoms with Crippen molar-refractivity contribution in [1.82, 2.24) is 10.4 Å². The molecule has 0 amide bonds. The molecule has 4 nitrogen and oxygen atoms in total. The van der Waals surface area contributed by atoms with Gasteiger partial charge < -0.3 is 4.74 Å². The third-order valence-electron chi connectivity index (χ3n) is 3.49. The number of hydrazine groups is 1. The molecule has 1 aliphatic rings. The fourth-order valence-corrected chi connectivity index (χ4v) is 2.48. The molecule has 1 aliphatic heterocycles. The van der Waals surface area contributed by atoms with Crippen LogP contribution in [0.1, 0.15) is 11.3 Å². The van der Waals surface area contributed by atoms with Crippen molar-refractivity contribution < 1.29 is 4.74 Å². The molecule has 0 aliphatic carbocycles. The van der Waals surface area contributed by atoms with Crippen LogP contribution in [0.25, 0.3) is 0 Å². The molecule has 4 heteroatoms. The highest BCUT2D eigenvalue weighted by atomic mass is 16.5. The van der Waals surface area contributed by atoms with E-state index in [2.05, 4.69) is 16.5 Å². The number of nitrogens with one attached hydrogen (secondary N) is 1. The summed E-state index contributed by atoms with van der Waals surface area (Å²) in [5.74, 6) is 6.64. The molecule has 2 unspecified atom stereocenters. The number of rotatable bonds is 4. The molecule has 2 heterocycles. The maximum atomic E-state index is 5.96. The van der Waals surface area contributed by atoms with Gasteiger partial charge in [-0.1, -0.05) is 24.3 Å². The summed E-state index contributed by atoms with van der Waals surface area (Å²) < 4.78 is 5.96. The number of para-hydroxylation sites is 1. The lowest BCUT2D eigenvalue weighted by Crippen LogP contribution is -2.47. The van der Waals surface area contributed by atoms with Crippen LogP contribution in [0.2, 0.25) is 0 Å². The van der Waals surface area contributed by atoms with Gasteiger partial charge in [0.1, 0.15) is 11.9 Å². The van der Waals surface area contributed by atoms with E-state index in [1.807, 2.05) is 36.4 Å². The quantitative estimate of drug-likeness (QED) is 0.641. The Balaban J connectivity index is 1.71. The lowest BCUT2D eigenvalue weighted by atomic mass is 10.0. The summed E-state index contributed by atoms with van der Waals surface area (Å²) in [4.78, 5) is 4.34. The van der Waals surface area contributed by atoms with E-state index in [9.17, 15) is 0 Å². The highest BCUT2D eigenvalue weighted by Gasteiger charge is 2.29. The largest absolute Gasteiger partial charge is 0.488 e. The van der Waals surface area contributed by atoms with Crippen molar-refractivity contribution in [3.63, 3.8) is 0 Å². The lowest BCUT2D eigenvalue weighted by Gasteiger charge is -2.22. The maximum Gasteiger partial charge on any atom is 0.123 e. The van der Waals surface area contributed by atoms with Gasteiger partial charge in [0, 0.05) is 24.7 Å². The summed E-state index contributed by atoms with van der Waals surface area (Å²) in [7, 11) is 0. The van der Waals surface area contributed by atoms with Crippen LogP contribution in [0.5, 0.6) is 5.75 Å². The minimum absolute atomic E-state index is 0.0577. The van der Waals surface area contributed by atoms with E-state index < -0.39 is 0 Å². The molecule has 3 N–H and O–H groups in total. The van der Waals surface area contributed by atoms with Gasteiger partial charge in [-0.2, -0.15) is 0 Å². The van der Waals surface area contributed by atoms with Crippen molar-refractivity contribution in [2.45, 2.75) is 25.0 Å². The van der Waals surface area contributed by atoms with Crippen LogP contribution in [-0.2, 0) is 12.8 Å². The van der Waals surface area contributed by atoms with Crippen molar-refractivity contribution in [3.05, 3.63) is 59.9 Å². The molecule has 1 aromatic heterocycles. The molecular formula is C15H17N3O. The van der Waals surface area contributed by atoms with Gasteiger partial charge in [0.15, 0.2) is 0 Å². The lowest BCUT2D eigenvalue weighted by molar-refractivity contribution is 0.177. The van der Waals surface area contributed by atoms with Gasteiger partial charge in [0.2, 0.25) is 0 Å². The van der Waals surface area contributed by atoms with Crippen LogP contribution in [0, 0.1) is 0 Å². The first-order valence-corrected chi connectivity index (χ1v) is 6.47. The van der Waals surface area contributed by atoms with Crippen LogP contribution in [0.3, 0.4) is 0 Å². The summed E-state index contributed by atoms with van der Waals surface area (Å²) >= 11 is 0. The van der Waals surface area contributed by atoms with Gasteiger partial charge in [0.05, 0.1) is 6.04 Å². The van der Waals surface area contributed by atoms with E-state index >= 15 is 0 Å². The summed E-state index contributed by atoms with van der Waals surface area (Å²) in [6.45, 7) is 0. The molecule has 19 heavy (non-hydrogen) atoms. The van der Waals surface area contributed by atoms with Crippen LogP contribution < -0.4 is 16.0 Å². The number of ether oxygens (including phenoxy) is 1. The number of hydrogen-bond donors (Lipinski definition) is 2.